The summed E-state index contributed by atoms with van der Waals surface area (Å²) in [5.74, 6) is 0. The molecule has 0 aliphatic heterocycles. The Kier molecular flexibility index (Phi) is 5.63. The van der Waals surface area contributed by atoms with Crippen LogP contribution in [0.15, 0.2) is 30.3 Å². The van der Waals surface area contributed by atoms with E-state index in [1.165, 1.54) is 0 Å². The maximum Gasteiger partial charge on any atom is 0.433 e. The average molecular weight is 376 g/mol. The first-order valence-corrected chi connectivity index (χ1v) is 7.51. The Hall–Kier alpha value is -1.90. The molecule has 9 heteroatoms. The molecule has 0 saturated carbocycles. The van der Waals surface area contributed by atoms with Gasteiger partial charge in [0.25, 0.3) is 0 Å². The van der Waals surface area contributed by atoms with Gasteiger partial charge in [-0.2, -0.15) is 13.2 Å². The molecule has 0 radical (unpaired) electrons. The zero-order valence-corrected chi connectivity index (χ0v) is 13.8. The first kappa shape index (κ1) is 18.4. The van der Waals surface area contributed by atoms with E-state index >= 15 is 0 Å². The number of hydrogen-bond acceptors (Lipinski definition) is 4. The van der Waals surface area contributed by atoms with Crippen LogP contribution in [-0.2, 0) is 19.3 Å². The molecule has 0 saturated heterocycles. The molecule has 1 aromatic carbocycles. The highest BCUT2D eigenvalue weighted by Gasteiger charge is 2.34. The summed E-state index contributed by atoms with van der Waals surface area (Å²) in [6.45, 7) is -0.419. The third-order valence-corrected chi connectivity index (χ3v) is 3.75. The van der Waals surface area contributed by atoms with Crippen molar-refractivity contribution in [3.63, 3.8) is 0 Å². The Morgan fingerprint density at radius 2 is 1.96 bits per heavy atom. The van der Waals surface area contributed by atoms with Gasteiger partial charge in [0, 0.05) is 17.7 Å². The van der Waals surface area contributed by atoms with Gasteiger partial charge in [0.1, 0.15) is 10.7 Å². The topological polar surface area (TPSA) is 71.2 Å². The maximum atomic E-state index is 12.8. The Labute approximate surface area is 146 Å². The van der Waals surface area contributed by atoms with Crippen LogP contribution in [-0.4, -0.2) is 15.1 Å². The minimum Gasteiger partial charge on any atom is -0.392 e. The summed E-state index contributed by atoms with van der Waals surface area (Å²) < 4.78 is 38.3. The lowest BCUT2D eigenvalue weighted by Gasteiger charge is -2.16. The predicted molar refractivity (Wildman–Crippen MR) is 89.8 cm³/mol. The van der Waals surface area contributed by atoms with E-state index in [-0.39, 0.29) is 27.9 Å². The molecule has 24 heavy (non-hydrogen) atoms. The zero-order chi connectivity index (χ0) is 17.9. The first-order chi connectivity index (χ1) is 11.2. The number of nitrogens with two attached hydrogens (primary N) is 1. The van der Waals surface area contributed by atoms with Crippen LogP contribution in [0.5, 0.6) is 0 Å². The molecule has 4 nitrogen and oxygen atoms in total. The van der Waals surface area contributed by atoms with Crippen LogP contribution in [0.2, 0.25) is 5.15 Å². The van der Waals surface area contributed by atoms with Crippen LogP contribution in [0.25, 0.3) is 0 Å². The summed E-state index contributed by atoms with van der Waals surface area (Å²) >= 11 is 10.8. The van der Waals surface area contributed by atoms with Crippen LogP contribution in [0.4, 0.5) is 18.9 Å². The molecule has 0 bridgehead atoms. The van der Waals surface area contributed by atoms with Gasteiger partial charge in [0.15, 0.2) is 5.15 Å². The van der Waals surface area contributed by atoms with E-state index in [1.807, 2.05) is 0 Å². The number of thiocarbonyl (C=S) groups is 1. The van der Waals surface area contributed by atoms with E-state index < -0.39 is 18.5 Å². The molecule has 0 amide bonds. The van der Waals surface area contributed by atoms with Gasteiger partial charge >= 0.3 is 6.18 Å². The normalized spacial score (nSPS) is 11.4. The van der Waals surface area contributed by atoms with E-state index in [9.17, 15) is 18.3 Å². The molecule has 0 unspecified atom stereocenters. The Morgan fingerprint density at radius 1 is 1.29 bits per heavy atom. The molecule has 0 aliphatic carbocycles. The standard InChI is InChI=1S/C15H13ClF3N3OS/c16-13-12(9(7-23)5-11(22-13)15(17,18)19)21-6-8-3-1-2-4-10(8)14(20)24/h1-5,21,23H,6-7H2,(H2,20,24). The van der Waals surface area contributed by atoms with Crippen molar-refractivity contribution in [3.8, 4) is 0 Å². The molecule has 2 rings (SSSR count). The maximum absolute atomic E-state index is 12.8. The number of nitrogens with zero attached hydrogens (tertiary/aromatic N) is 1. The lowest BCUT2D eigenvalue weighted by molar-refractivity contribution is -0.141. The zero-order valence-electron chi connectivity index (χ0n) is 12.2. The van der Waals surface area contributed by atoms with Gasteiger partial charge in [-0.1, -0.05) is 48.1 Å². The summed E-state index contributed by atoms with van der Waals surface area (Å²) in [6.07, 6.45) is -4.65. The van der Waals surface area contributed by atoms with Crippen LogP contribution < -0.4 is 11.1 Å². The van der Waals surface area contributed by atoms with Crippen molar-refractivity contribution in [1.29, 1.82) is 0 Å². The van der Waals surface area contributed by atoms with Crippen LogP contribution >= 0.6 is 23.8 Å². The number of anilines is 1. The number of alkyl halides is 3. The SMILES string of the molecule is NC(=S)c1ccccc1CNc1c(CO)cc(C(F)(F)F)nc1Cl. The second-order valence-electron chi connectivity index (χ2n) is 4.86. The van der Waals surface area contributed by atoms with Crippen LogP contribution in [0.3, 0.4) is 0 Å². The molecule has 1 heterocycles. The summed E-state index contributed by atoms with van der Waals surface area (Å²) in [5, 5.41) is 11.9. The number of hydrogen-bond donors (Lipinski definition) is 3. The molecule has 2 aromatic rings. The number of nitrogens with one attached hydrogen (secondary N) is 1. The monoisotopic (exact) mass is 375 g/mol. The van der Waals surface area contributed by atoms with Crippen molar-refractivity contribution in [2.75, 3.05) is 5.32 Å². The predicted octanol–water partition coefficient (Wildman–Crippen LogP) is 3.49. The molecule has 1 aromatic heterocycles. The largest absolute Gasteiger partial charge is 0.433 e. The van der Waals surface area contributed by atoms with E-state index in [0.29, 0.717) is 5.56 Å². The molecule has 0 atom stereocenters. The highest BCUT2D eigenvalue weighted by molar-refractivity contribution is 7.80. The molecule has 128 valence electrons. The van der Waals surface area contributed by atoms with Crippen LogP contribution in [0.1, 0.15) is 22.4 Å². The van der Waals surface area contributed by atoms with Gasteiger partial charge in [0.2, 0.25) is 0 Å². The highest BCUT2D eigenvalue weighted by atomic mass is 35.5. The number of halogens is 4. The summed E-state index contributed by atoms with van der Waals surface area (Å²) in [6, 6.07) is 7.81. The second-order valence-corrected chi connectivity index (χ2v) is 5.66. The summed E-state index contributed by atoms with van der Waals surface area (Å²) in [7, 11) is 0. The van der Waals surface area contributed by atoms with Gasteiger partial charge in [-0.25, -0.2) is 4.98 Å². The minimum absolute atomic E-state index is 0.00451. The Morgan fingerprint density at radius 3 is 2.54 bits per heavy atom. The van der Waals surface area contributed by atoms with Crippen molar-refractivity contribution >= 4 is 34.5 Å². The van der Waals surface area contributed by atoms with E-state index in [0.717, 1.165) is 11.6 Å². The lowest BCUT2D eigenvalue weighted by atomic mass is 10.1. The average Bonchev–Trinajstić information content (AvgIpc) is 2.52. The lowest BCUT2D eigenvalue weighted by Crippen LogP contribution is -2.15. The van der Waals surface area contributed by atoms with E-state index in [4.69, 9.17) is 29.6 Å². The fraction of sp³-hybridized carbons (Fsp3) is 0.200. The smallest absolute Gasteiger partial charge is 0.392 e. The van der Waals surface area contributed by atoms with Gasteiger partial charge in [-0.3, -0.25) is 0 Å². The number of aliphatic hydroxyl groups excluding tert-OH is 1. The van der Waals surface area contributed by atoms with E-state index in [2.05, 4.69) is 10.3 Å². The Balaban J connectivity index is 2.32. The van der Waals surface area contributed by atoms with Gasteiger partial charge in [0.05, 0.1) is 12.3 Å². The van der Waals surface area contributed by atoms with Crippen molar-refractivity contribution in [1.82, 2.24) is 4.98 Å². The molecular weight excluding hydrogens is 363 g/mol. The van der Waals surface area contributed by atoms with Crippen molar-refractivity contribution in [3.05, 3.63) is 57.9 Å². The number of aromatic nitrogens is 1. The first-order valence-electron chi connectivity index (χ1n) is 6.73. The Bertz CT molecular complexity index is 768. The number of pyridine rings is 1. The summed E-state index contributed by atoms with van der Waals surface area (Å²) in [5.41, 5.74) is 5.98. The van der Waals surface area contributed by atoms with Gasteiger partial charge in [-0.05, 0) is 11.6 Å². The number of benzene rings is 1. The minimum atomic E-state index is -4.65. The number of rotatable bonds is 5. The molecule has 0 aliphatic rings. The van der Waals surface area contributed by atoms with E-state index in [1.54, 1.807) is 24.3 Å². The quantitative estimate of drug-likeness (QED) is 0.551. The third kappa shape index (κ3) is 4.14. The third-order valence-electron chi connectivity index (χ3n) is 3.26. The summed E-state index contributed by atoms with van der Waals surface area (Å²) in [4.78, 5) is 3.54. The molecule has 0 fully saturated rings. The van der Waals surface area contributed by atoms with Crippen molar-refractivity contribution in [2.45, 2.75) is 19.3 Å². The fourth-order valence-corrected chi connectivity index (χ4v) is 2.60. The van der Waals surface area contributed by atoms with Crippen molar-refractivity contribution < 1.29 is 18.3 Å². The molecule has 4 N–H and O–H groups in total. The van der Waals surface area contributed by atoms with Gasteiger partial charge < -0.3 is 16.2 Å². The van der Waals surface area contributed by atoms with Gasteiger partial charge in [-0.15, -0.1) is 0 Å². The molecular formula is C15H13ClF3N3OS. The van der Waals surface area contributed by atoms with Crippen molar-refractivity contribution in [2.24, 2.45) is 5.73 Å². The van der Waals surface area contributed by atoms with Crippen LogP contribution in [0, 0.1) is 0 Å². The highest BCUT2D eigenvalue weighted by Crippen LogP contribution is 2.34. The number of aliphatic hydroxyl groups is 1. The second kappa shape index (κ2) is 7.33. The fourth-order valence-electron chi connectivity index (χ4n) is 2.12. The molecule has 0 spiro atoms.